The predicted molar refractivity (Wildman–Crippen MR) is 122 cm³/mol. The van der Waals surface area contributed by atoms with Crippen molar-refractivity contribution in [3.05, 3.63) is 89.5 Å². The van der Waals surface area contributed by atoms with E-state index in [2.05, 4.69) is 23.0 Å². The Hall–Kier alpha value is -3.92. The monoisotopic (exact) mass is 392 g/mol. The number of oxazole rings is 1. The van der Waals surface area contributed by atoms with Gasteiger partial charge in [-0.2, -0.15) is 0 Å². The first-order chi connectivity index (χ1) is 14.6. The van der Waals surface area contributed by atoms with Crippen molar-refractivity contribution in [1.29, 1.82) is 0 Å². The molecule has 146 valence electrons. The summed E-state index contributed by atoms with van der Waals surface area (Å²) in [5.74, 6) is 0.812. The molecule has 0 fully saturated rings. The van der Waals surface area contributed by atoms with E-state index in [0.717, 1.165) is 38.7 Å². The van der Waals surface area contributed by atoms with E-state index in [9.17, 15) is 5.11 Å². The minimum atomic E-state index is 0.214. The predicted octanol–water partition coefficient (Wildman–Crippen LogP) is 6.72. The summed E-state index contributed by atoms with van der Waals surface area (Å²) < 4.78 is 5.99. The lowest BCUT2D eigenvalue weighted by Crippen LogP contribution is -1.85. The van der Waals surface area contributed by atoms with Crippen molar-refractivity contribution in [1.82, 2.24) is 4.98 Å². The van der Waals surface area contributed by atoms with Crippen LogP contribution in [0.3, 0.4) is 0 Å². The number of fused-ring (bicyclic) bond motifs is 2. The highest BCUT2D eigenvalue weighted by molar-refractivity contribution is 6.03. The van der Waals surface area contributed by atoms with Crippen LogP contribution in [0.4, 0.5) is 5.69 Å². The summed E-state index contributed by atoms with van der Waals surface area (Å²) in [6.07, 6.45) is 1.71. The zero-order chi connectivity index (χ0) is 20.7. The smallest absolute Gasteiger partial charge is 0.227 e. The van der Waals surface area contributed by atoms with Crippen LogP contribution < -0.4 is 0 Å². The number of hydrogen-bond acceptors (Lipinski definition) is 4. The van der Waals surface area contributed by atoms with E-state index < -0.39 is 0 Å². The molecular formula is C26H20N2O2. The highest BCUT2D eigenvalue weighted by Crippen LogP contribution is 2.29. The van der Waals surface area contributed by atoms with Crippen LogP contribution >= 0.6 is 0 Å². The third-order valence-electron chi connectivity index (χ3n) is 5.22. The molecule has 0 radical (unpaired) electrons. The Morgan fingerprint density at radius 1 is 0.933 bits per heavy atom. The molecular weight excluding hydrogens is 372 g/mol. The molecule has 4 aromatic carbocycles. The summed E-state index contributed by atoms with van der Waals surface area (Å²) in [7, 11) is 0. The van der Waals surface area contributed by atoms with Crippen LogP contribution in [0, 0.1) is 13.8 Å². The van der Waals surface area contributed by atoms with Gasteiger partial charge in [0.25, 0.3) is 0 Å². The molecule has 4 nitrogen and oxygen atoms in total. The number of phenolic OH excluding ortho intramolecular Hbond substituents is 1. The van der Waals surface area contributed by atoms with E-state index in [1.807, 2.05) is 67.6 Å². The molecule has 0 saturated heterocycles. The van der Waals surface area contributed by atoms with E-state index in [4.69, 9.17) is 4.42 Å². The molecule has 0 saturated carbocycles. The van der Waals surface area contributed by atoms with E-state index in [1.165, 1.54) is 5.56 Å². The van der Waals surface area contributed by atoms with Crippen LogP contribution in [-0.2, 0) is 0 Å². The minimum absolute atomic E-state index is 0.214. The third kappa shape index (κ3) is 3.22. The maximum Gasteiger partial charge on any atom is 0.227 e. The Labute approximate surface area is 174 Å². The van der Waals surface area contributed by atoms with Gasteiger partial charge in [0.2, 0.25) is 5.89 Å². The maximum atomic E-state index is 10.3. The molecule has 1 N–H and O–H groups in total. The van der Waals surface area contributed by atoms with E-state index in [-0.39, 0.29) is 5.75 Å². The van der Waals surface area contributed by atoms with Crippen molar-refractivity contribution < 1.29 is 9.52 Å². The van der Waals surface area contributed by atoms with Gasteiger partial charge in [-0.05, 0) is 72.1 Å². The minimum Gasteiger partial charge on any atom is -0.507 e. The zero-order valence-corrected chi connectivity index (χ0v) is 16.8. The first kappa shape index (κ1) is 18.1. The van der Waals surface area contributed by atoms with Crippen LogP contribution in [0.2, 0.25) is 0 Å². The van der Waals surface area contributed by atoms with E-state index >= 15 is 0 Å². The largest absolute Gasteiger partial charge is 0.507 e. The quantitative estimate of drug-likeness (QED) is 0.347. The molecule has 0 unspecified atom stereocenters. The number of rotatable bonds is 3. The summed E-state index contributed by atoms with van der Waals surface area (Å²) in [6, 6.07) is 23.4. The Morgan fingerprint density at radius 3 is 2.57 bits per heavy atom. The molecule has 5 rings (SSSR count). The highest BCUT2D eigenvalue weighted by atomic mass is 16.3. The van der Waals surface area contributed by atoms with Gasteiger partial charge >= 0.3 is 0 Å². The number of aromatic hydroxyl groups is 1. The second kappa shape index (κ2) is 7.16. The molecule has 0 atom stereocenters. The Morgan fingerprint density at radius 2 is 1.73 bits per heavy atom. The van der Waals surface area contributed by atoms with Gasteiger partial charge in [0.1, 0.15) is 11.3 Å². The number of aromatic nitrogens is 1. The number of aliphatic imine (C=N–C) groups is 1. The number of aryl methyl sites for hydroxylation is 2. The fourth-order valence-corrected chi connectivity index (χ4v) is 3.75. The average molecular weight is 392 g/mol. The van der Waals surface area contributed by atoms with Crippen LogP contribution in [0.25, 0.3) is 33.3 Å². The Balaban J connectivity index is 1.46. The topological polar surface area (TPSA) is 58.6 Å². The van der Waals surface area contributed by atoms with Crippen LogP contribution in [0.5, 0.6) is 5.75 Å². The first-order valence-corrected chi connectivity index (χ1v) is 9.81. The van der Waals surface area contributed by atoms with Gasteiger partial charge in [0, 0.05) is 17.3 Å². The fourth-order valence-electron chi connectivity index (χ4n) is 3.75. The van der Waals surface area contributed by atoms with Gasteiger partial charge in [-0.15, -0.1) is 0 Å². The van der Waals surface area contributed by atoms with Gasteiger partial charge in [-0.3, -0.25) is 4.99 Å². The lowest BCUT2D eigenvalue weighted by Gasteiger charge is -2.04. The molecule has 1 heterocycles. The summed E-state index contributed by atoms with van der Waals surface area (Å²) in [5.41, 5.74) is 6.34. The normalized spacial score (nSPS) is 11.7. The summed E-state index contributed by atoms with van der Waals surface area (Å²) >= 11 is 0. The summed E-state index contributed by atoms with van der Waals surface area (Å²) in [5, 5.41) is 12.3. The number of phenols is 1. The van der Waals surface area contributed by atoms with Crippen molar-refractivity contribution in [3.63, 3.8) is 0 Å². The second-order valence-electron chi connectivity index (χ2n) is 7.47. The molecule has 0 aliphatic heterocycles. The van der Waals surface area contributed by atoms with Crippen LogP contribution in [0.1, 0.15) is 16.7 Å². The Kier molecular flexibility index (Phi) is 4.32. The van der Waals surface area contributed by atoms with Gasteiger partial charge in [-0.1, -0.05) is 36.4 Å². The molecule has 0 bridgehead atoms. The SMILES string of the molecule is Cc1cc(C)c2oc(-c3ccc(N=Cc4c(O)ccc5ccccc45)cc3)nc2c1. The van der Waals surface area contributed by atoms with Crippen molar-refractivity contribution in [2.75, 3.05) is 0 Å². The highest BCUT2D eigenvalue weighted by Gasteiger charge is 2.11. The molecule has 0 amide bonds. The van der Waals surface area contributed by atoms with E-state index in [1.54, 1.807) is 12.3 Å². The molecule has 5 aromatic rings. The molecule has 1 aromatic heterocycles. The number of hydrogen-bond donors (Lipinski definition) is 1. The molecule has 0 aliphatic carbocycles. The van der Waals surface area contributed by atoms with Crippen molar-refractivity contribution in [2.24, 2.45) is 4.99 Å². The maximum absolute atomic E-state index is 10.3. The molecule has 0 spiro atoms. The fraction of sp³-hybridized carbons (Fsp3) is 0.0769. The summed E-state index contributed by atoms with van der Waals surface area (Å²) in [6.45, 7) is 4.09. The lowest BCUT2D eigenvalue weighted by molar-refractivity contribution is 0.475. The van der Waals surface area contributed by atoms with Crippen molar-refractivity contribution >= 4 is 33.8 Å². The molecule has 0 aliphatic rings. The van der Waals surface area contributed by atoms with Gasteiger partial charge in [0.15, 0.2) is 5.58 Å². The van der Waals surface area contributed by atoms with Gasteiger partial charge in [-0.25, -0.2) is 4.98 Å². The lowest BCUT2D eigenvalue weighted by atomic mass is 10.0. The van der Waals surface area contributed by atoms with E-state index in [0.29, 0.717) is 11.5 Å². The van der Waals surface area contributed by atoms with Crippen molar-refractivity contribution in [3.8, 4) is 17.2 Å². The van der Waals surface area contributed by atoms with Gasteiger partial charge < -0.3 is 9.52 Å². The molecule has 4 heteroatoms. The first-order valence-electron chi connectivity index (χ1n) is 9.81. The summed E-state index contributed by atoms with van der Waals surface area (Å²) in [4.78, 5) is 9.19. The standard InChI is InChI=1S/C26H20N2O2/c1-16-13-17(2)25-23(14-16)28-26(30-25)19-7-10-20(11-8-19)27-15-22-21-6-4-3-5-18(21)9-12-24(22)29/h3-15,29H,1-2H3. The Bertz CT molecular complexity index is 1410. The second-order valence-corrected chi connectivity index (χ2v) is 7.47. The van der Waals surface area contributed by atoms with Gasteiger partial charge in [0.05, 0.1) is 5.69 Å². The number of nitrogens with zero attached hydrogens (tertiary/aromatic N) is 2. The van der Waals surface area contributed by atoms with Crippen LogP contribution in [-0.4, -0.2) is 16.3 Å². The van der Waals surface area contributed by atoms with Crippen LogP contribution in [0.15, 0.2) is 82.2 Å². The zero-order valence-electron chi connectivity index (χ0n) is 16.8. The number of benzene rings is 4. The van der Waals surface area contributed by atoms with Crippen molar-refractivity contribution in [2.45, 2.75) is 13.8 Å². The molecule has 30 heavy (non-hydrogen) atoms. The third-order valence-corrected chi connectivity index (χ3v) is 5.22. The average Bonchev–Trinajstić information content (AvgIpc) is 3.18.